The van der Waals surface area contributed by atoms with Crippen molar-refractivity contribution in [2.75, 3.05) is 20.8 Å². The zero-order valence-electron chi connectivity index (χ0n) is 13.8. The largest absolute Gasteiger partial charge is 0.493 e. The number of benzene rings is 2. The maximum absolute atomic E-state index is 13.6. The Morgan fingerprint density at radius 1 is 1.08 bits per heavy atom. The van der Waals surface area contributed by atoms with Crippen LogP contribution in [0.5, 0.6) is 11.5 Å². The highest BCUT2D eigenvalue weighted by atomic mass is 32.2. The van der Waals surface area contributed by atoms with Gasteiger partial charge in [0.15, 0.2) is 11.5 Å². The van der Waals surface area contributed by atoms with E-state index < -0.39 is 10.0 Å². The Kier molecular flexibility index (Phi) is 5.80. The first-order chi connectivity index (χ1) is 11.4. The molecule has 0 heterocycles. The summed E-state index contributed by atoms with van der Waals surface area (Å²) in [5.41, 5.74) is 0.996. The molecule has 24 heavy (non-hydrogen) atoms. The summed E-state index contributed by atoms with van der Waals surface area (Å²) < 4.78 is 51.4. The van der Waals surface area contributed by atoms with Gasteiger partial charge in [-0.3, -0.25) is 0 Å². The van der Waals surface area contributed by atoms with Gasteiger partial charge in [-0.25, -0.2) is 17.5 Å². The molecule has 2 rings (SSSR count). The van der Waals surface area contributed by atoms with Crippen LogP contribution < -0.4 is 14.2 Å². The second kappa shape index (κ2) is 7.63. The number of hydrogen-bond acceptors (Lipinski definition) is 4. The Balaban J connectivity index is 2.17. The van der Waals surface area contributed by atoms with Crippen LogP contribution in [0.15, 0.2) is 41.3 Å². The molecular weight excluding hydrogens is 333 g/mol. The van der Waals surface area contributed by atoms with Crippen molar-refractivity contribution in [2.45, 2.75) is 18.2 Å². The molecule has 0 saturated heterocycles. The molecule has 5 nitrogen and oxygen atoms in total. The van der Waals surface area contributed by atoms with Crippen LogP contribution in [0.25, 0.3) is 0 Å². The smallest absolute Gasteiger partial charge is 0.240 e. The third kappa shape index (κ3) is 4.04. The van der Waals surface area contributed by atoms with Gasteiger partial charge in [-0.15, -0.1) is 0 Å². The lowest BCUT2D eigenvalue weighted by Crippen LogP contribution is -2.27. The number of sulfonamides is 1. The molecule has 1 N–H and O–H groups in total. The van der Waals surface area contributed by atoms with Crippen molar-refractivity contribution >= 4 is 10.0 Å². The first kappa shape index (κ1) is 18.2. The van der Waals surface area contributed by atoms with Gasteiger partial charge in [0.2, 0.25) is 10.0 Å². The lowest BCUT2D eigenvalue weighted by molar-refractivity contribution is 0.353. The van der Waals surface area contributed by atoms with Crippen LogP contribution in [0.2, 0.25) is 0 Å². The van der Waals surface area contributed by atoms with Crippen LogP contribution in [0.3, 0.4) is 0 Å². The second-order valence-electron chi connectivity index (χ2n) is 5.21. The van der Waals surface area contributed by atoms with E-state index in [4.69, 9.17) is 9.47 Å². The SMILES string of the molecule is COc1cc(C)c(S(=O)(=O)NCCc2ccccc2F)cc1OC. The highest BCUT2D eigenvalue weighted by Crippen LogP contribution is 2.32. The van der Waals surface area contributed by atoms with Crippen LogP contribution >= 0.6 is 0 Å². The first-order valence-corrected chi connectivity index (χ1v) is 8.83. The molecule has 0 atom stereocenters. The number of rotatable bonds is 7. The summed E-state index contributed by atoms with van der Waals surface area (Å²) in [4.78, 5) is 0.105. The van der Waals surface area contributed by atoms with E-state index >= 15 is 0 Å². The average Bonchev–Trinajstić information content (AvgIpc) is 2.56. The lowest BCUT2D eigenvalue weighted by Gasteiger charge is -2.14. The summed E-state index contributed by atoms with van der Waals surface area (Å²) in [5, 5.41) is 0. The molecule has 7 heteroatoms. The van der Waals surface area contributed by atoms with Crippen LogP contribution in [0, 0.1) is 12.7 Å². The number of halogens is 1. The number of ether oxygens (including phenoxy) is 2. The van der Waals surface area contributed by atoms with Gasteiger partial charge in [0.25, 0.3) is 0 Å². The first-order valence-electron chi connectivity index (χ1n) is 7.34. The maximum Gasteiger partial charge on any atom is 0.240 e. The van der Waals surface area contributed by atoms with Gasteiger partial charge in [-0.1, -0.05) is 18.2 Å². The highest BCUT2D eigenvalue weighted by molar-refractivity contribution is 7.89. The number of nitrogens with one attached hydrogen (secondary N) is 1. The van der Waals surface area contributed by atoms with E-state index in [0.717, 1.165) is 0 Å². The molecule has 0 radical (unpaired) electrons. The quantitative estimate of drug-likeness (QED) is 0.831. The van der Waals surface area contributed by atoms with Gasteiger partial charge >= 0.3 is 0 Å². The second-order valence-corrected chi connectivity index (χ2v) is 6.95. The number of aryl methyl sites for hydroxylation is 1. The van der Waals surface area contributed by atoms with E-state index in [2.05, 4.69) is 4.72 Å². The maximum atomic E-state index is 13.6. The van der Waals surface area contributed by atoms with Crippen molar-refractivity contribution in [2.24, 2.45) is 0 Å². The van der Waals surface area contributed by atoms with E-state index in [-0.39, 0.29) is 23.7 Å². The van der Waals surface area contributed by atoms with Crippen molar-refractivity contribution in [3.05, 3.63) is 53.3 Å². The van der Waals surface area contributed by atoms with E-state index in [9.17, 15) is 12.8 Å². The minimum absolute atomic E-state index is 0.0943. The molecule has 0 spiro atoms. The van der Waals surface area contributed by atoms with Crippen LogP contribution in [-0.2, 0) is 16.4 Å². The zero-order valence-corrected chi connectivity index (χ0v) is 14.6. The average molecular weight is 353 g/mol. The Morgan fingerprint density at radius 2 is 1.71 bits per heavy atom. The Hall–Kier alpha value is -2.12. The summed E-state index contributed by atoms with van der Waals surface area (Å²) in [6.45, 7) is 1.77. The zero-order chi connectivity index (χ0) is 17.7. The molecule has 130 valence electrons. The van der Waals surface area contributed by atoms with Gasteiger partial charge in [-0.2, -0.15) is 0 Å². The summed E-state index contributed by atoms with van der Waals surface area (Å²) in [5.74, 6) is 0.442. The minimum Gasteiger partial charge on any atom is -0.493 e. The highest BCUT2D eigenvalue weighted by Gasteiger charge is 2.20. The number of hydrogen-bond donors (Lipinski definition) is 1. The molecule has 0 aromatic heterocycles. The molecule has 0 aliphatic heterocycles. The van der Waals surface area contributed by atoms with Crippen molar-refractivity contribution in [1.82, 2.24) is 4.72 Å². The standard InChI is InChI=1S/C17H20FNO4S/c1-12-10-15(22-2)16(23-3)11-17(12)24(20,21)19-9-8-13-6-4-5-7-14(13)18/h4-7,10-11,19H,8-9H2,1-3H3. The van der Waals surface area contributed by atoms with E-state index in [0.29, 0.717) is 22.6 Å². The molecule has 0 aliphatic carbocycles. The van der Waals surface area contributed by atoms with E-state index in [1.807, 2.05) is 0 Å². The fourth-order valence-electron chi connectivity index (χ4n) is 2.35. The van der Waals surface area contributed by atoms with Gasteiger partial charge in [0.05, 0.1) is 19.1 Å². The van der Waals surface area contributed by atoms with Crippen LogP contribution in [0.4, 0.5) is 4.39 Å². The molecule has 0 aliphatic rings. The summed E-state index contributed by atoms with van der Waals surface area (Å²) in [7, 11) is -0.816. The Bertz CT molecular complexity index is 821. The molecule has 2 aromatic rings. The topological polar surface area (TPSA) is 64.6 Å². The normalized spacial score (nSPS) is 11.3. The molecule has 0 fully saturated rings. The molecule has 0 saturated carbocycles. The summed E-state index contributed by atoms with van der Waals surface area (Å²) in [6, 6.07) is 9.30. The van der Waals surface area contributed by atoms with Crippen molar-refractivity contribution in [1.29, 1.82) is 0 Å². The monoisotopic (exact) mass is 353 g/mol. The summed E-state index contributed by atoms with van der Waals surface area (Å²) >= 11 is 0. The lowest BCUT2D eigenvalue weighted by atomic mass is 10.1. The molecule has 0 amide bonds. The minimum atomic E-state index is -3.74. The van der Waals surface area contributed by atoms with Crippen molar-refractivity contribution in [3.63, 3.8) is 0 Å². The molecular formula is C17H20FNO4S. The van der Waals surface area contributed by atoms with Crippen LogP contribution in [-0.4, -0.2) is 29.2 Å². The van der Waals surface area contributed by atoms with Gasteiger partial charge in [0.1, 0.15) is 5.82 Å². The molecule has 0 unspecified atom stereocenters. The van der Waals surface area contributed by atoms with E-state index in [1.54, 1.807) is 31.2 Å². The van der Waals surface area contributed by atoms with Crippen LogP contribution in [0.1, 0.15) is 11.1 Å². The third-order valence-electron chi connectivity index (χ3n) is 3.61. The third-order valence-corrected chi connectivity index (χ3v) is 5.22. The van der Waals surface area contributed by atoms with Crippen molar-refractivity contribution < 1.29 is 22.3 Å². The Labute approximate surface area is 141 Å². The molecule has 0 bridgehead atoms. The number of methoxy groups -OCH3 is 2. The summed E-state index contributed by atoms with van der Waals surface area (Å²) in [6.07, 6.45) is 0.262. The van der Waals surface area contributed by atoms with Gasteiger partial charge in [-0.05, 0) is 36.6 Å². The fraction of sp³-hybridized carbons (Fsp3) is 0.294. The van der Waals surface area contributed by atoms with Gasteiger partial charge < -0.3 is 9.47 Å². The Morgan fingerprint density at radius 3 is 2.33 bits per heavy atom. The fourth-order valence-corrected chi connectivity index (χ4v) is 3.62. The van der Waals surface area contributed by atoms with Crippen molar-refractivity contribution in [3.8, 4) is 11.5 Å². The molecule has 2 aromatic carbocycles. The predicted molar refractivity (Wildman–Crippen MR) is 89.6 cm³/mol. The van der Waals surface area contributed by atoms with E-state index in [1.165, 1.54) is 26.4 Å². The predicted octanol–water partition coefficient (Wildman–Crippen LogP) is 2.67. The van der Waals surface area contributed by atoms with Gasteiger partial charge in [0, 0.05) is 12.6 Å².